The average Bonchev–Trinajstić information content (AvgIpc) is 2.25. The maximum Gasteiger partial charge on any atom is 0.220 e. The number of amides is 1. The molecule has 1 aromatic rings. The first kappa shape index (κ1) is 14.6. The number of nitrogens with one attached hydrogen (secondary N) is 1. The van der Waals surface area contributed by atoms with Crippen LogP contribution in [0.3, 0.4) is 0 Å². The first-order valence-corrected chi connectivity index (χ1v) is 6.34. The highest BCUT2D eigenvalue weighted by atomic mass is 16.5. The van der Waals surface area contributed by atoms with Crippen LogP contribution in [0.4, 0.5) is 0 Å². The smallest absolute Gasteiger partial charge is 0.220 e. The third-order valence-electron chi connectivity index (χ3n) is 2.85. The summed E-state index contributed by atoms with van der Waals surface area (Å²) in [5.41, 5.74) is 3.37. The van der Waals surface area contributed by atoms with Gasteiger partial charge in [0.05, 0.1) is 7.11 Å². The second-order valence-corrected chi connectivity index (χ2v) is 5.14. The maximum atomic E-state index is 11.7. The number of rotatable bonds is 5. The van der Waals surface area contributed by atoms with Crippen LogP contribution in [0.2, 0.25) is 0 Å². The molecule has 0 radical (unpaired) electrons. The second-order valence-electron chi connectivity index (χ2n) is 5.14. The molecule has 0 unspecified atom stereocenters. The molecule has 1 rings (SSSR count). The maximum absolute atomic E-state index is 11.7. The first-order chi connectivity index (χ1) is 8.43. The zero-order valence-corrected chi connectivity index (χ0v) is 12.0. The lowest BCUT2D eigenvalue weighted by molar-refractivity contribution is -0.121. The normalized spacial score (nSPS) is 10.6. The summed E-state index contributed by atoms with van der Waals surface area (Å²) >= 11 is 0. The largest absolute Gasteiger partial charge is 0.496 e. The van der Waals surface area contributed by atoms with E-state index in [1.165, 1.54) is 5.56 Å². The topological polar surface area (TPSA) is 38.3 Å². The molecule has 1 amide bonds. The van der Waals surface area contributed by atoms with E-state index in [0.29, 0.717) is 18.9 Å². The highest BCUT2D eigenvalue weighted by Gasteiger charge is 2.10. The fourth-order valence-corrected chi connectivity index (χ4v) is 2.00. The fraction of sp³-hybridized carbons (Fsp3) is 0.533. The van der Waals surface area contributed by atoms with Crippen molar-refractivity contribution >= 4 is 5.91 Å². The van der Waals surface area contributed by atoms with E-state index in [2.05, 4.69) is 11.4 Å². The van der Waals surface area contributed by atoms with Crippen LogP contribution in [0.5, 0.6) is 5.75 Å². The Morgan fingerprint density at radius 2 is 2.00 bits per heavy atom. The van der Waals surface area contributed by atoms with Gasteiger partial charge in [-0.1, -0.05) is 19.9 Å². The Morgan fingerprint density at radius 3 is 2.56 bits per heavy atom. The van der Waals surface area contributed by atoms with Crippen molar-refractivity contribution in [1.29, 1.82) is 0 Å². The molecule has 0 saturated carbocycles. The van der Waals surface area contributed by atoms with Gasteiger partial charge in [-0.15, -0.1) is 0 Å². The van der Waals surface area contributed by atoms with Crippen LogP contribution in [-0.4, -0.2) is 13.0 Å². The van der Waals surface area contributed by atoms with E-state index in [-0.39, 0.29) is 5.91 Å². The van der Waals surface area contributed by atoms with E-state index in [1.54, 1.807) is 7.11 Å². The Balaban J connectivity index is 2.75. The van der Waals surface area contributed by atoms with Gasteiger partial charge in [0.1, 0.15) is 5.75 Å². The van der Waals surface area contributed by atoms with Gasteiger partial charge in [0, 0.05) is 18.5 Å². The fourth-order valence-electron chi connectivity index (χ4n) is 2.00. The molecule has 0 bridgehead atoms. The minimum Gasteiger partial charge on any atom is -0.496 e. The first-order valence-electron chi connectivity index (χ1n) is 6.34. The van der Waals surface area contributed by atoms with Gasteiger partial charge in [0.15, 0.2) is 0 Å². The molecule has 3 heteroatoms. The molecule has 100 valence electrons. The summed E-state index contributed by atoms with van der Waals surface area (Å²) in [4.78, 5) is 11.7. The number of aryl methyl sites for hydroxylation is 2. The van der Waals surface area contributed by atoms with Gasteiger partial charge >= 0.3 is 0 Å². The molecule has 0 atom stereocenters. The summed E-state index contributed by atoms with van der Waals surface area (Å²) in [6.07, 6.45) is 0.563. The molecule has 1 N–H and O–H groups in total. The van der Waals surface area contributed by atoms with Crippen LogP contribution < -0.4 is 10.1 Å². The summed E-state index contributed by atoms with van der Waals surface area (Å²) in [6, 6.07) is 4.10. The van der Waals surface area contributed by atoms with Crippen molar-refractivity contribution in [3.8, 4) is 5.75 Å². The molecule has 1 aromatic carbocycles. The molecule has 0 aromatic heterocycles. The third-order valence-corrected chi connectivity index (χ3v) is 2.85. The van der Waals surface area contributed by atoms with Crippen molar-refractivity contribution in [2.75, 3.05) is 7.11 Å². The van der Waals surface area contributed by atoms with Crippen molar-refractivity contribution in [2.45, 2.75) is 40.7 Å². The van der Waals surface area contributed by atoms with Crippen LogP contribution in [0.1, 0.15) is 37.0 Å². The summed E-state index contributed by atoms with van der Waals surface area (Å²) in [5, 5.41) is 2.95. The molecule has 0 spiro atoms. The molecular formula is C15H23NO2. The van der Waals surface area contributed by atoms with Gasteiger partial charge in [0.25, 0.3) is 0 Å². The van der Waals surface area contributed by atoms with Crippen molar-refractivity contribution in [1.82, 2.24) is 5.32 Å². The molecule has 0 aliphatic carbocycles. The number of methoxy groups -OCH3 is 1. The van der Waals surface area contributed by atoms with Crippen LogP contribution in [-0.2, 0) is 11.3 Å². The molecule has 18 heavy (non-hydrogen) atoms. The van der Waals surface area contributed by atoms with Crippen molar-refractivity contribution in [2.24, 2.45) is 5.92 Å². The number of hydrogen-bond donors (Lipinski definition) is 1. The van der Waals surface area contributed by atoms with Gasteiger partial charge in [-0.05, 0) is 37.0 Å². The monoisotopic (exact) mass is 249 g/mol. The zero-order valence-electron chi connectivity index (χ0n) is 12.0. The molecular weight excluding hydrogens is 226 g/mol. The predicted octanol–water partition coefficient (Wildman–Crippen LogP) is 2.97. The van der Waals surface area contributed by atoms with Crippen molar-refractivity contribution in [3.05, 3.63) is 28.8 Å². The lowest BCUT2D eigenvalue weighted by Crippen LogP contribution is -2.24. The molecule has 0 saturated heterocycles. The van der Waals surface area contributed by atoms with E-state index in [4.69, 9.17) is 4.74 Å². The quantitative estimate of drug-likeness (QED) is 0.871. The lowest BCUT2D eigenvalue weighted by Gasteiger charge is -2.14. The number of carbonyl (C=O) groups is 1. The van der Waals surface area contributed by atoms with Crippen LogP contribution in [0.25, 0.3) is 0 Å². The van der Waals surface area contributed by atoms with Gasteiger partial charge in [0.2, 0.25) is 5.91 Å². The molecule has 3 nitrogen and oxygen atoms in total. The Labute approximate surface area is 110 Å². The van der Waals surface area contributed by atoms with Gasteiger partial charge in [-0.3, -0.25) is 4.79 Å². The van der Waals surface area contributed by atoms with E-state index >= 15 is 0 Å². The van der Waals surface area contributed by atoms with E-state index in [1.807, 2.05) is 33.8 Å². The minimum atomic E-state index is 0.0898. The van der Waals surface area contributed by atoms with E-state index in [0.717, 1.165) is 16.9 Å². The Bertz CT molecular complexity index is 425. The van der Waals surface area contributed by atoms with Crippen LogP contribution in [0, 0.1) is 19.8 Å². The van der Waals surface area contributed by atoms with Gasteiger partial charge in [-0.2, -0.15) is 0 Å². The summed E-state index contributed by atoms with van der Waals surface area (Å²) in [5.74, 6) is 1.32. The highest BCUT2D eigenvalue weighted by molar-refractivity contribution is 5.76. The molecule has 0 fully saturated rings. The predicted molar refractivity (Wildman–Crippen MR) is 73.8 cm³/mol. The summed E-state index contributed by atoms with van der Waals surface area (Å²) in [7, 11) is 1.66. The lowest BCUT2D eigenvalue weighted by atomic mass is 10.0. The number of benzene rings is 1. The molecule has 0 heterocycles. The van der Waals surface area contributed by atoms with E-state index < -0.39 is 0 Å². The van der Waals surface area contributed by atoms with Crippen molar-refractivity contribution in [3.63, 3.8) is 0 Å². The van der Waals surface area contributed by atoms with Crippen molar-refractivity contribution < 1.29 is 9.53 Å². The SMILES string of the molecule is COc1cc(C)cc(C)c1CNC(=O)CC(C)C. The van der Waals surface area contributed by atoms with Crippen LogP contribution in [0.15, 0.2) is 12.1 Å². The summed E-state index contributed by atoms with van der Waals surface area (Å²) in [6.45, 7) is 8.69. The number of ether oxygens (including phenoxy) is 1. The Morgan fingerprint density at radius 1 is 1.33 bits per heavy atom. The number of hydrogen-bond acceptors (Lipinski definition) is 2. The highest BCUT2D eigenvalue weighted by Crippen LogP contribution is 2.23. The molecule has 0 aliphatic heterocycles. The average molecular weight is 249 g/mol. The Hall–Kier alpha value is -1.51. The number of carbonyl (C=O) groups excluding carboxylic acids is 1. The zero-order chi connectivity index (χ0) is 13.7. The van der Waals surface area contributed by atoms with Gasteiger partial charge in [-0.25, -0.2) is 0 Å². The van der Waals surface area contributed by atoms with Gasteiger partial charge < -0.3 is 10.1 Å². The second kappa shape index (κ2) is 6.43. The van der Waals surface area contributed by atoms with E-state index in [9.17, 15) is 4.79 Å². The minimum absolute atomic E-state index is 0.0898. The third kappa shape index (κ3) is 4.06. The Kier molecular flexibility index (Phi) is 5.20. The standard InChI is InChI=1S/C15H23NO2/c1-10(2)6-15(17)16-9-13-12(4)7-11(3)8-14(13)18-5/h7-8,10H,6,9H2,1-5H3,(H,16,17). The summed E-state index contributed by atoms with van der Waals surface area (Å²) < 4.78 is 5.37. The molecule has 0 aliphatic rings. The van der Waals surface area contributed by atoms with Crippen LogP contribution >= 0.6 is 0 Å².